The minimum Gasteiger partial charge on any atom is -0.367 e. The van der Waals surface area contributed by atoms with Gasteiger partial charge in [0.1, 0.15) is 10.3 Å². The highest BCUT2D eigenvalue weighted by Gasteiger charge is 2.22. The number of anilines is 1. The van der Waals surface area contributed by atoms with Crippen molar-refractivity contribution < 1.29 is 9.18 Å². The fourth-order valence-corrected chi connectivity index (χ4v) is 3.50. The number of rotatable bonds is 2. The summed E-state index contributed by atoms with van der Waals surface area (Å²) >= 11 is 3.34. The quantitative estimate of drug-likeness (QED) is 0.762. The molecule has 1 aromatic carbocycles. The lowest BCUT2D eigenvalue weighted by Gasteiger charge is -2.24. The van der Waals surface area contributed by atoms with Crippen molar-refractivity contribution in [2.24, 2.45) is 7.05 Å². The third-order valence-electron chi connectivity index (χ3n) is 4.26. The Bertz CT molecular complexity index is 855. The zero-order valence-corrected chi connectivity index (χ0v) is 15.4. The van der Waals surface area contributed by atoms with Crippen molar-refractivity contribution in [3.63, 3.8) is 0 Å². The molecule has 1 aliphatic heterocycles. The first kappa shape index (κ1) is 17.6. The van der Waals surface area contributed by atoms with Gasteiger partial charge in [0.25, 0.3) is 11.5 Å². The van der Waals surface area contributed by atoms with Crippen LogP contribution in [0.1, 0.15) is 16.8 Å². The molecule has 1 fully saturated rings. The molecule has 25 heavy (non-hydrogen) atoms. The zero-order chi connectivity index (χ0) is 18.0. The number of hydrogen-bond acceptors (Lipinski definition) is 4. The standard InChI is InChI=1S/C17H18BrFN4O2/c1-21-17(25)15(18)14(11-20-21)22-6-3-7-23(9-8-22)16(24)12-4-2-5-13(19)10-12/h2,4-5,10-11H,3,6-9H2,1H3. The van der Waals surface area contributed by atoms with Crippen molar-refractivity contribution in [3.8, 4) is 0 Å². The van der Waals surface area contributed by atoms with Gasteiger partial charge in [0.15, 0.2) is 0 Å². The summed E-state index contributed by atoms with van der Waals surface area (Å²) in [6.45, 7) is 2.37. The summed E-state index contributed by atoms with van der Waals surface area (Å²) in [5.41, 5.74) is 0.877. The maximum absolute atomic E-state index is 13.4. The van der Waals surface area contributed by atoms with Gasteiger partial charge in [-0.2, -0.15) is 5.10 Å². The fraction of sp³-hybridized carbons (Fsp3) is 0.353. The van der Waals surface area contributed by atoms with Crippen LogP contribution < -0.4 is 10.5 Å². The monoisotopic (exact) mass is 408 g/mol. The second-order valence-corrected chi connectivity index (χ2v) is 6.71. The summed E-state index contributed by atoms with van der Waals surface area (Å²) < 4.78 is 15.1. The van der Waals surface area contributed by atoms with Crippen molar-refractivity contribution in [1.29, 1.82) is 0 Å². The van der Waals surface area contributed by atoms with Gasteiger partial charge in [0, 0.05) is 38.8 Å². The molecule has 0 aliphatic carbocycles. The SMILES string of the molecule is Cn1ncc(N2CCCN(C(=O)c3cccc(F)c3)CC2)c(Br)c1=O. The molecule has 0 atom stereocenters. The minimum atomic E-state index is -0.419. The molecule has 0 unspecified atom stereocenters. The highest BCUT2D eigenvalue weighted by Crippen LogP contribution is 2.23. The Hall–Kier alpha value is -2.22. The molecule has 0 radical (unpaired) electrons. The maximum atomic E-state index is 13.4. The zero-order valence-electron chi connectivity index (χ0n) is 13.8. The molecule has 2 heterocycles. The van der Waals surface area contributed by atoms with E-state index in [4.69, 9.17) is 0 Å². The first-order chi connectivity index (χ1) is 12.0. The van der Waals surface area contributed by atoms with E-state index in [1.54, 1.807) is 24.2 Å². The van der Waals surface area contributed by atoms with E-state index < -0.39 is 5.82 Å². The third kappa shape index (κ3) is 3.73. The molecule has 1 amide bonds. The van der Waals surface area contributed by atoms with Gasteiger partial charge in [-0.15, -0.1) is 0 Å². The van der Waals surface area contributed by atoms with E-state index in [0.717, 1.165) is 12.1 Å². The van der Waals surface area contributed by atoms with Gasteiger partial charge >= 0.3 is 0 Å². The molecule has 0 bridgehead atoms. The average Bonchev–Trinajstić information content (AvgIpc) is 2.85. The Labute approximate surface area is 153 Å². The second kappa shape index (κ2) is 7.35. The summed E-state index contributed by atoms with van der Waals surface area (Å²) in [7, 11) is 1.60. The van der Waals surface area contributed by atoms with Crippen LogP contribution in [0.15, 0.2) is 39.7 Å². The number of halogens is 2. The van der Waals surface area contributed by atoms with Gasteiger partial charge in [-0.25, -0.2) is 9.07 Å². The molecule has 0 N–H and O–H groups in total. The molecule has 0 saturated carbocycles. The Morgan fingerprint density at radius 1 is 1.24 bits per heavy atom. The van der Waals surface area contributed by atoms with Gasteiger partial charge in [0.2, 0.25) is 0 Å². The Morgan fingerprint density at radius 3 is 2.80 bits per heavy atom. The lowest BCUT2D eigenvalue weighted by atomic mass is 10.2. The highest BCUT2D eigenvalue weighted by molar-refractivity contribution is 9.10. The van der Waals surface area contributed by atoms with Crippen LogP contribution in [0.25, 0.3) is 0 Å². The summed E-state index contributed by atoms with van der Waals surface area (Å²) in [4.78, 5) is 28.4. The summed E-state index contributed by atoms with van der Waals surface area (Å²) in [6, 6.07) is 5.73. The van der Waals surface area contributed by atoms with E-state index in [9.17, 15) is 14.0 Å². The lowest BCUT2D eigenvalue weighted by molar-refractivity contribution is 0.0766. The van der Waals surface area contributed by atoms with Gasteiger partial charge in [-0.05, 0) is 40.5 Å². The van der Waals surface area contributed by atoms with Gasteiger partial charge in [0.05, 0.1) is 11.9 Å². The fourth-order valence-electron chi connectivity index (χ4n) is 2.89. The molecule has 3 rings (SSSR count). The highest BCUT2D eigenvalue weighted by atomic mass is 79.9. The predicted octanol–water partition coefficient (Wildman–Crippen LogP) is 2.03. The van der Waals surface area contributed by atoms with Crippen LogP contribution in [0.3, 0.4) is 0 Å². The molecule has 8 heteroatoms. The number of carbonyl (C=O) groups excluding carboxylic acids is 1. The number of benzene rings is 1. The summed E-state index contributed by atoms with van der Waals surface area (Å²) in [5.74, 6) is -0.597. The summed E-state index contributed by atoms with van der Waals surface area (Å²) in [6.07, 6.45) is 2.40. The average molecular weight is 409 g/mol. The first-order valence-electron chi connectivity index (χ1n) is 7.99. The van der Waals surface area contributed by atoms with E-state index in [0.29, 0.717) is 36.2 Å². The molecular weight excluding hydrogens is 391 g/mol. The van der Waals surface area contributed by atoms with Crippen molar-refractivity contribution in [1.82, 2.24) is 14.7 Å². The van der Waals surface area contributed by atoms with Crippen LogP contribution in [0.5, 0.6) is 0 Å². The van der Waals surface area contributed by atoms with Crippen LogP contribution in [-0.2, 0) is 7.05 Å². The largest absolute Gasteiger partial charge is 0.367 e. The first-order valence-corrected chi connectivity index (χ1v) is 8.78. The number of aryl methyl sites for hydroxylation is 1. The molecule has 1 saturated heterocycles. The molecule has 2 aromatic rings. The van der Waals surface area contributed by atoms with E-state index in [2.05, 4.69) is 21.0 Å². The van der Waals surface area contributed by atoms with Crippen LogP contribution in [0.4, 0.5) is 10.1 Å². The number of amides is 1. The van der Waals surface area contributed by atoms with Crippen molar-refractivity contribution in [2.75, 3.05) is 31.1 Å². The van der Waals surface area contributed by atoms with Crippen molar-refractivity contribution >= 4 is 27.5 Å². The van der Waals surface area contributed by atoms with Crippen LogP contribution in [0.2, 0.25) is 0 Å². The maximum Gasteiger partial charge on any atom is 0.282 e. The van der Waals surface area contributed by atoms with Crippen molar-refractivity contribution in [2.45, 2.75) is 6.42 Å². The molecule has 6 nitrogen and oxygen atoms in total. The smallest absolute Gasteiger partial charge is 0.282 e. The molecule has 1 aliphatic rings. The lowest BCUT2D eigenvalue weighted by Crippen LogP contribution is -2.36. The second-order valence-electron chi connectivity index (χ2n) is 5.92. The molecule has 132 valence electrons. The van der Waals surface area contributed by atoms with Crippen LogP contribution >= 0.6 is 15.9 Å². The summed E-state index contributed by atoms with van der Waals surface area (Å²) in [5, 5.41) is 4.07. The molecular formula is C17H18BrFN4O2. The minimum absolute atomic E-state index is 0.178. The predicted molar refractivity (Wildman–Crippen MR) is 96.3 cm³/mol. The van der Waals surface area contributed by atoms with Crippen molar-refractivity contribution in [3.05, 3.63) is 56.7 Å². The number of carbonyl (C=O) groups is 1. The van der Waals surface area contributed by atoms with E-state index in [1.165, 1.54) is 22.9 Å². The Morgan fingerprint density at radius 2 is 2.04 bits per heavy atom. The van der Waals surface area contributed by atoms with Gasteiger partial charge in [-0.3, -0.25) is 9.59 Å². The molecule has 1 aromatic heterocycles. The number of aromatic nitrogens is 2. The number of nitrogens with zero attached hydrogens (tertiary/aromatic N) is 4. The Balaban J connectivity index is 1.76. The van der Waals surface area contributed by atoms with Crippen LogP contribution in [-0.4, -0.2) is 46.8 Å². The van der Waals surface area contributed by atoms with E-state index >= 15 is 0 Å². The normalized spacial score (nSPS) is 15.2. The van der Waals surface area contributed by atoms with E-state index in [-0.39, 0.29) is 11.5 Å². The van der Waals surface area contributed by atoms with Gasteiger partial charge in [-0.1, -0.05) is 6.07 Å². The van der Waals surface area contributed by atoms with Gasteiger partial charge < -0.3 is 9.80 Å². The Kier molecular flexibility index (Phi) is 5.17. The number of hydrogen-bond donors (Lipinski definition) is 0. The topological polar surface area (TPSA) is 58.4 Å². The third-order valence-corrected chi connectivity index (χ3v) is 5.00. The molecule has 0 spiro atoms. The van der Waals surface area contributed by atoms with Crippen LogP contribution in [0, 0.1) is 5.82 Å². The van der Waals surface area contributed by atoms with E-state index in [1.807, 2.05) is 4.90 Å².